The highest BCUT2D eigenvalue weighted by atomic mass is 35.5. The molecular formula is C17H18ClNO3S. The molecule has 4 nitrogen and oxygen atoms in total. The maximum Gasteiger partial charge on any atom is 0.224 e. The zero-order valence-corrected chi connectivity index (χ0v) is 14.3. The van der Waals surface area contributed by atoms with Crippen LogP contribution in [0.3, 0.4) is 0 Å². The SMILES string of the molecule is Cc1ccc(S(=O)(=O)CCCC(=O)Nc2cccc(Cl)c2)cc1. The van der Waals surface area contributed by atoms with Gasteiger partial charge in [0.1, 0.15) is 0 Å². The predicted molar refractivity (Wildman–Crippen MR) is 92.5 cm³/mol. The molecule has 23 heavy (non-hydrogen) atoms. The molecule has 6 heteroatoms. The first-order chi connectivity index (χ1) is 10.9. The molecule has 0 saturated carbocycles. The number of hydrogen-bond donors (Lipinski definition) is 1. The van der Waals surface area contributed by atoms with Crippen LogP contribution in [0.25, 0.3) is 0 Å². The van der Waals surface area contributed by atoms with E-state index in [1.165, 1.54) is 0 Å². The topological polar surface area (TPSA) is 63.2 Å². The van der Waals surface area contributed by atoms with Crippen LogP contribution in [0.4, 0.5) is 5.69 Å². The molecule has 0 aliphatic carbocycles. The molecule has 122 valence electrons. The van der Waals surface area contributed by atoms with Gasteiger partial charge in [0.05, 0.1) is 10.6 Å². The number of carbonyl (C=O) groups excluding carboxylic acids is 1. The number of carbonyl (C=O) groups is 1. The van der Waals surface area contributed by atoms with E-state index in [-0.39, 0.29) is 24.5 Å². The second kappa shape index (κ2) is 7.62. The number of hydrogen-bond acceptors (Lipinski definition) is 3. The van der Waals surface area contributed by atoms with Crippen molar-refractivity contribution in [3.8, 4) is 0 Å². The van der Waals surface area contributed by atoms with Crippen molar-refractivity contribution in [3.63, 3.8) is 0 Å². The summed E-state index contributed by atoms with van der Waals surface area (Å²) in [6.07, 6.45) is 0.403. The molecule has 2 rings (SSSR count). The molecule has 0 unspecified atom stereocenters. The molecule has 0 spiro atoms. The minimum atomic E-state index is -3.35. The molecule has 2 aromatic carbocycles. The Morgan fingerprint density at radius 3 is 2.48 bits per heavy atom. The van der Waals surface area contributed by atoms with Crippen molar-refractivity contribution in [1.29, 1.82) is 0 Å². The number of amides is 1. The molecule has 0 aromatic heterocycles. The van der Waals surface area contributed by atoms with E-state index in [9.17, 15) is 13.2 Å². The highest BCUT2D eigenvalue weighted by Gasteiger charge is 2.14. The second-order valence-corrected chi connectivity index (χ2v) is 7.84. The highest BCUT2D eigenvalue weighted by molar-refractivity contribution is 7.91. The Kier molecular flexibility index (Phi) is 5.80. The van der Waals surface area contributed by atoms with Crippen molar-refractivity contribution < 1.29 is 13.2 Å². The first kappa shape index (κ1) is 17.5. The van der Waals surface area contributed by atoms with Gasteiger partial charge in [-0.25, -0.2) is 8.42 Å². The lowest BCUT2D eigenvalue weighted by molar-refractivity contribution is -0.116. The van der Waals surface area contributed by atoms with Gasteiger partial charge >= 0.3 is 0 Å². The predicted octanol–water partition coefficient (Wildman–Crippen LogP) is 3.84. The molecule has 0 aliphatic heterocycles. The van der Waals surface area contributed by atoms with Crippen molar-refractivity contribution in [2.45, 2.75) is 24.7 Å². The third-order valence-electron chi connectivity index (χ3n) is 3.31. The number of aryl methyl sites for hydroxylation is 1. The van der Waals surface area contributed by atoms with E-state index in [4.69, 9.17) is 11.6 Å². The normalized spacial score (nSPS) is 11.2. The molecule has 0 bridgehead atoms. The van der Waals surface area contributed by atoms with Crippen molar-refractivity contribution in [3.05, 3.63) is 59.1 Å². The standard InChI is InChI=1S/C17H18ClNO3S/c1-13-7-9-16(10-8-13)23(21,22)11-3-6-17(20)19-15-5-2-4-14(18)12-15/h2,4-5,7-10,12H,3,6,11H2,1H3,(H,19,20). The molecule has 0 fully saturated rings. The van der Waals surface area contributed by atoms with E-state index in [0.717, 1.165) is 5.56 Å². The van der Waals surface area contributed by atoms with Gasteiger partial charge in [0.25, 0.3) is 0 Å². The van der Waals surface area contributed by atoms with E-state index in [2.05, 4.69) is 5.32 Å². The maximum absolute atomic E-state index is 12.2. The quantitative estimate of drug-likeness (QED) is 0.860. The van der Waals surface area contributed by atoms with Crippen LogP contribution >= 0.6 is 11.6 Å². The Bertz CT molecular complexity index is 786. The summed E-state index contributed by atoms with van der Waals surface area (Å²) in [6.45, 7) is 1.90. The largest absolute Gasteiger partial charge is 0.326 e. The monoisotopic (exact) mass is 351 g/mol. The van der Waals surface area contributed by atoms with E-state index >= 15 is 0 Å². The minimum Gasteiger partial charge on any atom is -0.326 e. The van der Waals surface area contributed by atoms with Gasteiger partial charge in [-0.2, -0.15) is 0 Å². The van der Waals surface area contributed by atoms with E-state index in [1.54, 1.807) is 48.5 Å². The zero-order chi connectivity index (χ0) is 16.9. The van der Waals surface area contributed by atoms with Crippen LogP contribution in [0.2, 0.25) is 5.02 Å². The highest BCUT2D eigenvalue weighted by Crippen LogP contribution is 2.16. The van der Waals surface area contributed by atoms with Gasteiger partial charge in [0.15, 0.2) is 9.84 Å². The Hall–Kier alpha value is -1.85. The fraction of sp³-hybridized carbons (Fsp3) is 0.235. The molecule has 0 atom stereocenters. The Morgan fingerprint density at radius 2 is 1.83 bits per heavy atom. The van der Waals surface area contributed by atoms with Crippen LogP contribution in [-0.2, 0) is 14.6 Å². The van der Waals surface area contributed by atoms with Crippen LogP contribution in [0.1, 0.15) is 18.4 Å². The van der Waals surface area contributed by atoms with Crippen LogP contribution in [0.5, 0.6) is 0 Å². The average molecular weight is 352 g/mol. The lowest BCUT2D eigenvalue weighted by Gasteiger charge is -2.07. The first-order valence-electron chi connectivity index (χ1n) is 7.22. The molecular weight excluding hydrogens is 334 g/mol. The van der Waals surface area contributed by atoms with Gasteiger partial charge in [0.2, 0.25) is 5.91 Å². The smallest absolute Gasteiger partial charge is 0.224 e. The third kappa shape index (κ3) is 5.37. The maximum atomic E-state index is 12.2. The first-order valence-corrected chi connectivity index (χ1v) is 9.25. The zero-order valence-electron chi connectivity index (χ0n) is 12.8. The van der Waals surface area contributed by atoms with Gasteiger partial charge in [-0.3, -0.25) is 4.79 Å². The fourth-order valence-electron chi connectivity index (χ4n) is 2.08. The second-order valence-electron chi connectivity index (χ2n) is 5.29. The lowest BCUT2D eigenvalue weighted by Crippen LogP contribution is -2.14. The minimum absolute atomic E-state index is 0.0565. The van der Waals surface area contributed by atoms with Gasteiger partial charge in [-0.1, -0.05) is 35.4 Å². The Morgan fingerprint density at radius 1 is 1.13 bits per heavy atom. The van der Waals surface area contributed by atoms with Gasteiger partial charge in [-0.15, -0.1) is 0 Å². The summed E-state index contributed by atoms with van der Waals surface area (Å²) in [5.74, 6) is -0.287. The average Bonchev–Trinajstić information content (AvgIpc) is 2.47. The van der Waals surface area contributed by atoms with E-state index < -0.39 is 9.84 Å². The van der Waals surface area contributed by atoms with Gasteiger partial charge in [-0.05, 0) is 43.7 Å². The number of benzene rings is 2. The molecule has 0 aliphatic rings. The van der Waals surface area contributed by atoms with Crippen LogP contribution in [-0.4, -0.2) is 20.1 Å². The van der Waals surface area contributed by atoms with Crippen LogP contribution in [0, 0.1) is 6.92 Å². The molecule has 1 amide bonds. The van der Waals surface area contributed by atoms with Crippen LogP contribution in [0.15, 0.2) is 53.4 Å². The summed E-state index contributed by atoms with van der Waals surface area (Å²) in [4.78, 5) is 12.1. The lowest BCUT2D eigenvalue weighted by atomic mass is 10.2. The summed E-state index contributed by atoms with van der Waals surface area (Å²) in [5, 5.41) is 3.23. The third-order valence-corrected chi connectivity index (χ3v) is 5.36. The molecule has 1 N–H and O–H groups in total. The Balaban J connectivity index is 1.86. The number of anilines is 1. The molecule has 0 radical (unpaired) electrons. The number of nitrogens with one attached hydrogen (secondary N) is 1. The van der Waals surface area contributed by atoms with Gasteiger partial charge in [0, 0.05) is 17.1 Å². The van der Waals surface area contributed by atoms with Crippen molar-refractivity contribution >= 4 is 33.0 Å². The Labute approximate surface area is 141 Å². The summed E-state index contributed by atoms with van der Waals surface area (Å²) in [5.41, 5.74) is 1.61. The van der Waals surface area contributed by atoms with Crippen LogP contribution < -0.4 is 5.32 Å². The molecule has 2 aromatic rings. The summed E-state index contributed by atoms with van der Waals surface area (Å²) in [7, 11) is -3.35. The summed E-state index contributed by atoms with van der Waals surface area (Å²) >= 11 is 5.84. The van der Waals surface area contributed by atoms with Crippen molar-refractivity contribution in [1.82, 2.24) is 0 Å². The van der Waals surface area contributed by atoms with E-state index in [0.29, 0.717) is 15.6 Å². The number of rotatable bonds is 6. The van der Waals surface area contributed by atoms with Gasteiger partial charge < -0.3 is 5.32 Å². The molecule has 0 saturated heterocycles. The van der Waals surface area contributed by atoms with Crippen molar-refractivity contribution in [2.24, 2.45) is 0 Å². The summed E-state index contributed by atoms with van der Waals surface area (Å²) in [6, 6.07) is 13.5. The van der Waals surface area contributed by atoms with Crippen molar-refractivity contribution in [2.75, 3.05) is 11.1 Å². The number of sulfone groups is 1. The number of halogens is 1. The van der Waals surface area contributed by atoms with E-state index in [1.807, 2.05) is 6.92 Å². The molecule has 0 heterocycles. The summed E-state index contributed by atoms with van der Waals surface area (Å²) < 4.78 is 24.4. The fourth-order valence-corrected chi connectivity index (χ4v) is 3.58.